The van der Waals surface area contributed by atoms with Crippen molar-refractivity contribution < 1.29 is 14.6 Å². The first-order valence-electron chi connectivity index (χ1n) is 5.99. The van der Waals surface area contributed by atoms with E-state index in [0.717, 1.165) is 5.69 Å². The SMILES string of the molecule is CNC(=O)c1ccc(N(C)CC(O)COC)c(N)c1. The highest BCUT2D eigenvalue weighted by molar-refractivity contribution is 5.96. The summed E-state index contributed by atoms with van der Waals surface area (Å²) in [5.41, 5.74) is 7.70. The molecule has 0 radical (unpaired) electrons. The molecule has 4 N–H and O–H groups in total. The zero-order chi connectivity index (χ0) is 14.4. The van der Waals surface area contributed by atoms with Gasteiger partial charge in [0.1, 0.15) is 0 Å². The number of likely N-dealkylation sites (N-methyl/N-ethyl adjacent to an activating group) is 1. The van der Waals surface area contributed by atoms with Crippen LogP contribution in [-0.4, -0.2) is 51.5 Å². The number of benzene rings is 1. The quantitative estimate of drug-likeness (QED) is 0.635. The van der Waals surface area contributed by atoms with Gasteiger partial charge in [-0.15, -0.1) is 0 Å². The Balaban J connectivity index is 2.81. The van der Waals surface area contributed by atoms with E-state index in [-0.39, 0.29) is 12.5 Å². The first-order chi connectivity index (χ1) is 8.99. The van der Waals surface area contributed by atoms with Crippen LogP contribution in [0.4, 0.5) is 11.4 Å². The minimum Gasteiger partial charge on any atom is -0.397 e. The van der Waals surface area contributed by atoms with Gasteiger partial charge in [0, 0.05) is 33.3 Å². The summed E-state index contributed by atoms with van der Waals surface area (Å²) in [7, 11) is 4.93. The third-order valence-electron chi connectivity index (χ3n) is 2.77. The number of nitrogens with one attached hydrogen (secondary N) is 1. The number of nitrogens with zero attached hydrogens (tertiary/aromatic N) is 1. The Kier molecular flexibility index (Phi) is 5.59. The number of hydrogen-bond acceptors (Lipinski definition) is 5. The number of carbonyl (C=O) groups is 1. The molecule has 1 aromatic carbocycles. The topological polar surface area (TPSA) is 87.8 Å². The second kappa shape index (κ2) is 6.96. The van der Waals surface area contributed by atoms with Gasteiger partial charge in [0.25, 0.3) is 5.91 Å². The van der Waals surface area contributed by atoms with Crippen LogP contribution in [0.5, 0.6) is 0 Å². The number of methoxy groups -OCH3 is 1. The van der Waals surface area contributed by atoms with E-state index in [0.29, 0.717) is 17.8 Å². The summed E-state index contributed by atoms with van der Waals surface area (Å²) in [6.07, 6.45) is -0.590. The van der Waals surface area contributed by atoms with Gasteiger partial charge >= 0.3 is 0 Å². The van der Waals surface area contributed by atoms with Gasteiger partial charge in [0.05, 0.1) is 24.1 Å². The van der Waals surface area contributed by atoms with E-state index in [2.05, 4.69) is 5.32 Å². The average molecular weight is 267 g/mol. The van der Waals surface area contributed by atoms with Crippen molar-refractivity contribution in [3.63, 3.8) is 0 Å². The molecule has 0 aliphatic heterocycles. The second-order valence-electron chi connectivity index (χ2n) is 4.34. The lowest BCUT2D eigenvalue weighted by atomic mass is 10.1. The van der Waals surface area contributed by atoms with Crippen molar-refractivity contribution in [3.05, 3.63) is 23.8 Å². The van der Waals surface area contributed by atoms with Crippen molar-refractivity contribution >= 4 is 17.3 Å². The van der Waals surface area contributed by atoms with Crippen LogP contribution in [0.3, 0.4) is 0 Å². The van der Waals surface area contributed by atoms with Crippen LogP contribution in [0.1, 0.15) is 10.4 Å². The Morgan fingerprint density at radius 2 is 2.26 bits per heavy atom. The van der Waals surface area contributed by atoms with E-state index in [1.165, 1.54) is 7.11 Å². The van der Waals surface area contributed by atoms with Gasteiger partial charge in [-0.1, -0.05) is 0 Å². The fraction of sp³-hybridized carbons (Fsp3) is 0.462. The van der Waals surface area contributed by atoms with Gasteiger partial charge in [0.2, 0.25) is 0 Å². The number of aliphatic hydroxyl groups excluding tert-OH is 1. The van der Waals surface area contributed by atoms with Crippen LogP contribution in [0.15, 0.2) is 18.2 Å². The molecular formula is C13H21N3O3. The summed E-state index contributed by atoms with van der Waals surface area (Å²) in [5, 5.41) is 12.2. The van der Waals surface area contributed by atoms with Gasteiger partial charge in [-0.05, 0) is 18.2 Å². The summed E-state index contributed by atoms with van der Waals surface area (Å²) >= 11 is 0. The molecule has 6 nitrogen and oxygen atoms in total. The normalized spacial score (nSPS) is 12.0. The monoisotopic (exact) mass is 267 g/mol. The highest BCUT2D eigenvalue weighted by atomic mass is 16.5. The number of hydrogen-bond donors (Lipinski definition) is 3. The summed E-state index contributed by atoms with van der Waals surface area (Å²) in [4.78, 5) is 13.3. The second-order valence-corrected chi connectivity index (χ2v) is 4.34. The Labute approximate surface area is 113 Å². The molecule has 0 bridgehead atoms. The molecule has 0 saturated heterocycles. The highest BCUT2D eigenvalue weighted by Crippen LogP contribution is 2.23. The van der Waals surface area contributed by atoms with Gasteiger partial charge in [-0.3, -0.25) is 4.79 Å². The molecule has 6 heteroatoms. The number of amides is 1. The summed E-state index contributed by atoms with van der Waals surface area (Å²) < 4.78 is 4.87. The molecule has 1 aromatic rings. The van der Waals surface area contributed by atoms with Gasteiger partial charge < -0.3 is 25.8 Å². The number of nitrogen functional groups attached to an aromatic ring is 1. The molecule has 1 unspecified atom stereocenters. The van der Waals surface area contributed by atoms with E-state index >= 15 is 0 Å². The lowest BCUT2D eigenvalue weighted by molar-refractivity contribution is 0.0695. The van der Waals surface area contributed by atoms with E-state index in [9.17, 15) is 9.90 Å². The molecular weight excluding hydrogens is 246 g/mol. The zero-order valence-electron chi connectivity index (χ0n) is 11.5. The van der Waals surface area contributed by atoms with Crippen molar-refractivity contribution in [1.82, 2.24) is 5.32 Å². The molecule has 19 heavy (non-hydrogen) atoms. The Morgan fingerprint density at radius 3 is 2.79 bits per heavy atom. The molecule has 0 saturated carbocycles. The minimum atomic E-state index is -0.590. The largest absolute Gasteiger partial charge is 0.397 e. The standard InChI is InChI=1S/C13H21N3O3/c1-15-13(18)9-4-5-12(11(14)6-9)16(2)7-10(17)8-19-3/h4-6,10,17H,7-8,14H2,1-3H3,(H,15,18). The maximum Gasteiger partial charge on any atom is 0.251 e. The van der Waals surface area contributed by atoms with Crippen LogP contribution >= 0.6 is 0 Å². The average Bonchev–Trinajstić information content (AvgIpc) is 2.37. The maximum absolute atomic E-state index is 11.5. The summed E-state index contributed by atoms with van der Waals surface area (Å²) in [5.74, 6) is -0.180. The molecule has 0 aliphatic carbocycles. The van der Waals surface area contributed by atoms with Crippen LogP contribution < -0.4 is 16.0 Å². The third kappa shape index (κ3) is 4.11. The third-order valence-corrected chi connectivity index (χ3v) is 2.77. The Bertz CT molecular complexity index is 437. The first kappa shape index (κ1) is 15.3. The number of carbonyl (C=O) groups excluding carboxylic acids is 1. The van der Waals surface area contributed by atoms with Crippen LogP contribution in [0.25, 0.3) is 0 Å². The van der Waals surface area contributed by atoms with Gasteiger partial charge in [-0.25, -0.2) is 0 Å². The molecule has 0 aliphatic rings. The first-order valence-corrected chi connectivity index (χ1v) is 5.99. The number of rotatable bonds is 6. The van der Waals surface area contributed by atoms with Crippen LogP contribution in [-0.2, 0) is 4.74 Å². The van der Waals surface area contributed by atoms with Crippen molar-refractivity contribution in [1.29, 1.82) is 0 Å². The van der Waals surface area contributed by atoms with Gasteiger partial charge in [-0.2, -0.15) is 0 Å². The summed E-state index contributed by atoms with van der Waals surface area (Å²) in [6.45, 7) is 0.665. The maximum atomic E-state index is 11.5. The van der Waals surface area contributed by atoms with Crippen molar-refractivity contribution in [3.8, 4) is 0 Å². The smallest absolute Gasteiger partial charge is 0.251 e. The van der Waals surface area contributed by atoms with Crippen LogP contribution in [0, 0.1) is 0 Å². The number of aliphatic hydroxyl groups is 1. The van der Waals surface area contributed by atoms with E-state index in [1.54, 1.807) is 25.2 Å². The molecule has 0 heterocycles. The van der Waals surface area contributed by atoms with E-state index in [4.69, 9.17) is 10.5 Å². The predicted octanol–water partition coefficient (Wildman–Crippen LogP) is 0.0719. The Hall–Kier alpha value is -1.79. The molecule has 1 rings (SSSR count). The predicted molar refractivity (Wildman–Crippen MR) is 75.4 cm³/mol. The number of anilines is 2. The molecule has 106 valence electrons. The molecule has 0 fully saturated rings. The van der Waals surface area contributed by atoms with Crippen molar-refractivity contribution in [2.75, 3.05) is 45.0 Å². The lowest BCUT2D eigenvalue weighted by Crippen LogP contribution is -2.32. The lowest BCUT2D eigenvalue weighted by Gasteiger charge is -2.24. The molecule has 1 atom stereocenters. The van der Waals surface area contributed by atoms with Crippen molar-refractivity contribution in [2.24, 2.45) is 0 Å². The van der Waals surface area contributed by atoms with Crippen LogP contribution in [0.2, 0.25) is 0 Å². The highest BCUT2D eigenvalue weighted by Gasteiger charge is 2.12. The van der Waals surface area contributed by atoms with Gasteiger partial charge in [0.15, 0.2) is 0 Å². The van der Waals surface area contributed by atoms with E-state index in [1.807, 2.05) is 11.9 Å². The zero-order valence-corrected chi connectivity index (χ0v) is 11.5. The Morgan fingerprint density at radius 1 is 1.58 bits per heavy atom. The minimum absolute atomic E-state index is 0.180. The number of ether oxygens (including phenoxy) is 1. The molecule has 0 spiro atoms. The number of nitrogens with two attached hydrogens (primary N) is 1. The van der Waals surface area contributed by atoms with E-state index < -0.39 is 6.10 Å². The van der Waals surface area contributed by atoms with Crippen molar-refractivity contribution in [2.45, 2.75) is 6.10 Å². The molecule has 0 aromatic heterocycles. The summed E-state index contributed by atoms with van der Waals surface area (Å²) in [6, 6.07) is 5.08. The molecule has 1 amide bonds. The fourth-order valence-corrected chi connectivity index (χ4v) is 1.85. The fourth-order valence-electron chi connectivity index (χ4n) is 1.85.